The summed E-state index contributed by atoms with van der Waals surface area (Å²) in [4.78, 5) is 37.4. The molecule has 1 aliphatic rings. The second kappa shape index (κ2) is 22.3. The van der Waals surface area contributed by atoms with E-state index < -0.39 is 53.1 Å². The molecule has 2 amide bonds. The SMILES string of the molecule is Cc1ccc(N(CCc2ccc(C(F)(F)F)nc2)C(=O)[C@@H](NC2(CN)COC2)c2ccccc2)cc1C.Cc1ccc(N(CCc2ccc(C(F)(F)F)nc2)C(=O)[C@@H](O)c2ccc(F)cc2)cc1C. The van der Waals surface area contributed by atoms with Crippen molar-refractivity contribution in [2.24, 2.45) is 5.73 Å². The molecule has 0 aliphatic carbocycles. The molecule has 0 spiro atoms. The molecular weight excluding hydrogens is 906 g/mol. The van der Waals surface area contributed by atoms with Crippen molar-refractivity contribution in [2.45, 2.75) is 70.6 Å². The molecule has 364 valence electrons. The van der Waals surface area contributed by atoms with Gasteiger partial charge in [-0.15, -0.1) is 0 Å². The van der Waals surface area contributed by atoms with E-state index in [9.17, 15) is 45.4 Å². The van der Waals surface area contributed by atoms with Crippen LogP contribution >= 0.6 is 0 Å². The Morgan fingerprint density at radius 2 is 1.14 bits per heavy atom. The van der Waals surface area contributed by atoms with E-state index in [0.717, 1.165) is 58.3 Å². The molecule has 69 heavy (non-hydrogen) atoms. The number of aliphatic hydroxyl groups excluding tert-OH is 1. The van der Waals surface area contributed by atoms with E-state index in [0.29, 0.717) is 48.7 Å². The van der Waals surface area contributed by atoms with Crippen LogP contribution in [0.2, 0.25) is 0 Å². The van der Waals surface area contributed by atoms with Gasteiger partial charge in [-0.1, -0.05) is 66.7 Å². The highest BCUT2D eigenvalue weighted by Gasteiger charge is 2.42. The Balaban J connectivity index is 0.000000229. The number of benzene rings is 4. The quantitative estimate of drug-likeness (QED) is 0.0868. The largest absolute Gasteiger partial charge is 0.433 e. The molecule has 1 aliphatic heterocycles. The number of anilines is 2. The summed E-state index contributed by atoms with van der Waals surface area (Å²) in [5, 5.41) is 14.1. The van der Waals surface area contributed by atoms with Crippen LogP contribution in [0.1, 0.15) is 68.0 Å². The van der Waals surface area contributed by atoms with Gasteiger partial charge < -0.3 is 25.4 Å². The van der Waals surface area contributed by atoms with Crippen molar-refractivity contribution in [1.29, 1.82) is 0 Å². The van der Waals surface area contributed by atoms with Gasteiger partial charge in [0.15, 0.2) is 6.10 Å². The number of amides is 2. The van der Waals surface area contributed by atoms with E-state index >= 15 is 0 Å². The summed E-state index contributed by atoms with van der Waals surface area (Å²) in [6, 6.07) is 29.4. The summed E-state index contributed by atoms with van der Waals surface area (Å²) in [5.74, 6) is -1.30. The van der Waals surface area contributed by atoms with Gasteiger partial charge in [0.2, 0.25) is 5.91 Å². The lowest BCUT2D eigenvalue weighted by atomic mass is 9.93. The number of nitrogens with zero attached hydrogens (tertiary/aromatic N) is 4. The van der Waals surface area contributed by atoms with Crippen molar-refractivity contribution in [3.05, 3.63) is 189 Å². The minimum absolute atomic E-state index is 0.104. The minimum Gasteiger partial charge on any atom is -0.378 e. The Labute approximate surface area is 396 Å². The maximum atomic E-state index is 14.2. The van der Waals surface area contributed by atoms with E-state index in [1.54, 1.807) is 17.0 Å². The van der Waals surface area contributed by atoms with Crippen LogP contribution in [0, 0.1) is 33.5 Å². The monoisotopic (exact) mass is 958 g/mol. The maximum Gasteiger partial charge on any atom is 0.433 e. The van der Waals surface area contributed by atoms with E-state index in [2.05, 4.69) is 15.3 Å². The third-order valence-corrected chi connectivity index (χ3v) is 12.0. The van der Waals surface area contributed by atoms with E-state index in [4.69, 9.17) is 10.5 Å². The molecule has 10 nitrogen and oxygen atoms in total. The van der Waals surface area contributed by atoms with Crippen LogP contribution in [0.3, 0.4) is 0 Å². The van der Waals surface area contributed by atoms with Crippen LogP contribution < -0.4 is 20.9 Å². The number of alkyl halides is 6. The van der Waals surface area contributed by atoms with Gasteiger partial charge >= 0.3 is 12.4 Å². The third-order valence-electron chi connectivity index (χ3n) is 12.0. The average Bonchev–Trinajstić information content (AvgIpc) is 3.31. The Morgan fingerprint density at radius 3 is 1.54 bits per heavy atom. The molecule has 1 saturated heterocycles. The first-order valence-corrected chi connectivity index (χ1v) is 22.0. The molecule has 0 unspecified atom stereocenters. The first-order valence-electron chi connectivity index (χ1n) is 22.0. The van der Waals surface area contributed by atoms with Gasteiger partial charge in [0.25, 0.3) is 5.91 Å². The van der Waals surface area contributed by atoms with Crippen molar-refractivity contribution in [2.75, 3.05) is 42.6 Å². The summed E-state index contributed by atoms with van der Waals surface area (Å²) >= 11 is 0. The summed E-state index contributed by atoms with van der Waals surface area (Å²) in [6.07, 6.45) is -7.66. The van der Waals surface area contributed by atoms with Crippen LogP contribution in [0.4, 0.5) is 42.1 Å². The molecule has 1 fully saturated rings. The van der Waals surface area contributed by atoms with E-state index in [1.165, 1.54) is 35.4 Å². The highest BCUT2D eigenvalue weighted by Crippen LogP contribution is 2.31. The number of ether oxygens (including phenoxy) is 1. The number of aryl methyl sites for hydroxylation is 4. The van der Waals surface area contributed by atoms with E-state index in [-0.39, 0.29) is 31.0 Å². The van der Waals surface area contributed by atoms with E-state index in [1.807, 2.05) is 82.3 Å². The first-order chi connectivity index (χ1) is 32.7. The number of carbonyl (C=O) groups excluding carboxylic acids is 2. The zero-order chi connectivity index (χ0) is 50.1. The number of nitrogens with one attached hydrogen (secondary N) is 1. The number of aromatic nitrogens is 2. The molecule has 7 rings (SSSR count). The lowest BCUT2D eigenvalue weighted by molar-refractivity contribution is -0.142. The Bertz CT molecular complexity index is 2660. The van der Waals surface area contributed by atoms with Crippen LogP contribution in [0.15, 0.2) is 128 Å². The normalized spacial score (nSPS) is 14.2. The standard InChI is InChI=1S/C28H31F3N4O2.C24H22F4N2O2/c1-19-8-10-23(14-20(19)2)35(13-12-21-9-11-24(33-15-21)28(29,30)31)26(36)25(22-6-4-3-5-7-22)34-27(16-32)17-37-18-27;1-15-3-9-20(13-16(15)2)30(23(32)22(31)18-5-7-19(25)8-6-18)12-11-17-4-10-21(29-14-17)24(26,27)28/h3-11,14-15,25,34H,12-13,16-18,32H2,1-2H3;3-10,13-14,22,31H,11-12H2,1-2H3/t25-;22-/m00/s1. The average molecular weight is 959 g/mol. The van der Waals surface area contributed by atoms with Gasteiger partial charge in [0, 0.05) is 43.4 Å². The van der Waals surface area contributed by atoms with Crippen molar-refractivity contribution in [3.63, 3.8) is 0 Å². The molecule has 4 aromatic carbocycles. The first kappa shape index (κ1) is 51.9. The Kier molecular flexibility index (Phi) is 16.7. The summed E-state index contributed by atoms with van der Waals surface area (Å²) in [5.41, 5.74) is 11.1. The number of hydrogen-bond acceptors (Lipinski definition) is 8. The fourth-order valence-corrected chi connectivity index (χ4v) is 7.42. The second-order valence-corrected chi connectivity index (χ2v) is 17.0. The lowest BCUT2D eigenvalue weighted by Gasteiger charge is -2.44. The van der Waals surface area contributed by atoms with Crippen LogP contribution in [0.25, 0.3) is 0 Å². The highest BCUT2D eigenvalue weighted by molar-refractivity contribution is 5.98. The third kappa shape index (κ3) is 13.4. The molecule has 3 heterocycles. The van der Waals surface area contributed by atoms with Crippen molar-refractivity contribution >= 4 is 23.2 Å². The Morgan fingerprint density at radius 1 is 0.667 bits per heavy atom. The predicted octanol–water partition coefficient (Wildman–Crippen LogP) is 9.52. The van der Waals surface area contributed by atoms with Crippen molar-refractivity contribution in [1.82, 2.24) is 15.3 Å². The van der Waals surface area contributed by atoms with Gasteiger partial charge in [0.05, 0.1) is 18.8 Å². The Hall–Kier alpha value is -6.53. The van der Waals surface area contributed by atoms with Crippen LogP contribution in [-0.4, -0.2) is 65.3 Å². The molecule has 2 aromatic heterocycles. The number of halogens is 7. The highest BCUT2D eigenvalue weighted by atomic mass is 19.4. The van der Waals surface area contributed by atoms with Gasteiger partial charge in [0.1, 0.15) is 23.2 Å². The fraction of sp³-hybridized carbons (Fsp3) is 0.308. The number of nitrogens with two attached hydrogens (primary N) is 1. The number of aliphatic hydroxyl groups is 1. The molecule has 0 radical (unpaired) electrons. The zero-order valence-corrected chi connectivity index (χ0v) is 38.4. The predicted molar refractivity (Wildman–Crippen MR) is 249 cm³/mol. The smallest absolute Gasteiger partial charge is 0.378 e. The maximum absolute atomic E-state index is 14.2. The van der Waals surface area contributed by atoms with Crippen molar-refractivity contribution in [3.8, 4) is 0 Å². The number of carbonyl (C=O) groups is 2. The molecule has 6 aromatic rings. The summed E-state index contributed by atoms with van der Waals surface area (Å²) in [7, 11) is 0. The molecule has 0 bridgehead atoms. The molecule has 2 atom stereocenters. The minimum atomic E-state index is -4.53. The van der Waals surface area contributed by atoms with Crippen LogP contribution in [0.5, 0.6) is 0 Å². The summed E-state index contributed by atoms with van der Waals surface area (Å²) < 4.78 is 95.7. The topological polar surface area (TPSA) is 134 Å². The molecule has 0 saturated carbocycles. The number of hydrogen-bond donors (Lipinski definition) is 3. The summed E-state index contributed by atoms with van der Waals surface area (Å²) in [6.45, 7) is 9.26. The van der Waals surface area contributed by atoms with Gasteiger partial charge in [-0.05, 0) is 134 Å². The molecule has 17 heteroatoms. The second-order valence-electron chi connectivity index (χ2n) is 17.0. The lowest BCUT2D eigenvalue weighted by Crippen LogP contribution is -2.66. The zero-order valence-electron chi connectivity index (χ0n) is 38.4. The fourth-order valence-electron chi connectivity index (χ4n) is 7.42. The van der Waals surface area contributed by atoms with Gasteiger partial charge in [-0.2, -0.15) is 26.3 Å². The van der Waals surface area contributed by atoms with Gasteiger partial charge in [-0.25, -0.2) is 4.39 Å². The molecular formula is C52H53F7N6O4. The van der Waals surface area contributed by atoms with Crippen molar-refractivity contribution < 1.29 is 50.2 Å². The van der Waals surface area contributed by atoms with Gasteiger partial charge in [-0.3, -0.25) is 24.9 Å². The number of pyridine rings is 2. The van der Waals surface area contributed by atoms with Crippen LogP contribution in [-0.2, 0) is 39.5 Å². The molecule has 4 N–H and O–H groups in total. The number of rotatable bonds is 15.